The molecule has 2 aromatic rings. The van der Waals surface area contributed by atoms with Gasteiger partial charge in [0.25, 0.3) is 0 Å². The Morgan fingerprint density at radius 3 is 2.04 bits per heavy atom. The maximum Gasteiger partial charge on any atom is 0.414 e. The van der Waals surface area contributed by atoms with Gasteiger partial charge in [-0.15, -0.1) is 0 Å². The van der Waals surface area contributed by atoms with Gasteiger partial charge in [-0.1, -0.05) is 55.8 Å². The maximum atomic E-state index is 9.10. The molecule has 0 bridgehead atoms. The molecule has 0 aliphatic carbocycles. The van der Waals surface area contributed by atoms with Crippen molar-refractivity contribution >= 4 is 11.9 Å². The zero-order valence-electron chi connectivity index (χ0n) is 15.8. The van der Waals surface area contributed by atoms with Crippen LogP contribution in [0.15, 0.2) is 54.6 Å². The quantitative estimate of drug-likeness (QED) is 0.687. The molecule has 0 aliphatic rings. The van der Waals surface area contributed by atoms with Crippen molar-refractivity contribution in [2.75, 3.05) is 13.6 Å². The number of ether oxygens (including phenoxy) is 1. The Hall–Kier alpha value is -2.86. The summed E-state index contributed by atoms with van der Waals surface area (Å²) < 4.78 is 5.80. The number of hydrogen-bond acceptors (Lipinski definition) is 4. The number of nitrogens with zero attached hydrogens (tertiary/aromatic N) is 1. The fourth-order valence-electron chi connectivity index (χ4n) is 2.25. The number of benzene rings is 2. The second-order valence-electron chi connectivity index (χ2n) is 6.12. The highest BCUT2D eigenvalue weighted by molar-refractivity contribution is 6.27. The number of carboxylic acids is 2. The second-order valence-corrected chi connectivity index (χ2v) is 6.12. The molecule has 2 rings (SSSR count). The Morgan fingerprint density at radius 2 is 1.52 bits per heavy atom. The van der Waals surface area contributed by atoms with Gasteiger partial charge in [-0.25, -0.2) is 9.59 Å². The summed E-state index contributed by atoms with van der Waals surface area (Å²) in [6, 6.07) is 18.7. The van der Waals surface area contributed by atoms with E-state index in [2.05, 4.69) is 55.3 Å². The summed E-state index contributed by atoms with van der Waals surface area (Å²) in [5.41, 5.74) is 2.53. The Bertz CT molecular complexity index is 673. The van der Waals surface area contributed by atoms with Crippen LogP contribution >= 0.6 is 0 Å². The molecule has 2 N–H and O–H groups in total. The number of rotatable bonds is 8. The van der Waals surface area contributed by atoms with Crippen LogP contribution in [0.4, 0.5) is 0 Å². The number of aliphatic carboxylic acids is 2. The zero-order valence-corrected chi connectivity index (χ0v) is 15.8. The number of unbranched alkanes of at least 4 members (excludes halogenated alkanes) is 1. The minimum absolute atomic E-state index is 0.622. The molecule has 0 saturated heterocycles. The van der Waals surface area contributed by atoms with Crippen LogP contribution in [0.3, 0.4) is 0 Å². The molecular formula is C21H27NO5. The Balaban J connectivity index is 0.000000527. The highest BCUT2D eigenvalue weighted by atomic mass is 16.5. The molecule has 0 atom stereocenters. The van der Waals surface area contributed by atoms with Crippen LogP contribution in [-0.4, -0.2) is 40.6 Å². The molecule has 0 saturated carbocycles. The van der Waals surface area contributed by atoms with E-state index in [4.69, 9.17) is 24.5 Å². The molecule has 0 fully saturated rings. The van der Waals surface area contributed by atoms with Gasteiger partial charge in [-0.3, -0.25) is 0 Å². The van der Waals surface area contributed by atoms with E-state index in [-0.39, 0.29) is 0 Å². The van der Waals surface area contributed by atoms with Gasteiger partial charge in [-0.05, 0) is 43.3 Å². The smallest absolute Gasteiger partial charge is 0.414 e. The molecule has 27 heavy (non-hydrogen) atoms. The number of carboxylic acid groups (broad SMARTS) is 2. The van der Waals surface area contributed by atoms with Crippen LogP contribution in [0.25, 0.3) is 0 Å². The molecule has 0 aliphatic heterocycles. The summed E-state index contributed by atoms with van der Waals surface area (Å²) in [6.07, 6.45) is 2.51. The summed E-state index contributed by atoms with van der Waals surface area (Å²) >= 11 is 0. The summed E-state index contributed by atoms with van der Waals surface area (Å²) in [5, 5.41) is 14.8. The lowest BCUT2D eigenvalue weighted by molar-refractivity contribution is -0.159. The highest BCUT2D eigenvalue weighted by Crippen LogP contribution is 2.15. The van der Waals surface area contributed by atoms with Gasteiger partial charge in [0.15, 0.2) is 0 Å². The fraction of sp³-hybridized carbons (Fsp3) is 0.333. The van der Waals surface area contributed by atoms with Gasteiger partial charge in [0.1, 0.15) is 12.4 Å². The monoisotopic (exact) mass is 373 g/mol. The molecule has 0 spiro atoms. The maximum absolute atomic E-state index is 9.10. The molecule has 2 aromatic carbocycles. The van der Waals surface area contributed by atoms with E-state index in [0.29, 0.717) is 6.61 Å². The van der Waals surface area contributed by atoms with Crippen LogP contribution < -0.4 is 4.74 Å². The van der Waals surface area contributed by atoms with Gasteiger partial charge in [0, 0.05) is 6.54 Å². The van der Waals surface area contributed by atoms with Gasteiger partial charge < -0.3 is 19.8 Å². The van der Waals surface area contributed by atoms with Crippen molar-refractivity contribution in [3.8, 4) is 5.75 Å². The van der Waals surface area contributed by atoms with Gasteiger partial charge in [-0.2, -0.15) is 0 Å². The molecule has 0 radical (unpaired) electrons. The third kappa shape index (κ3) is 10.0. The molecule has 0 aromatic heterocycles. The first-order chi connectivity index (χ1) is 12.9. The van der Waals surface area contributed by atoms with Crippen molar-refractivity contribution < 1.29 is 24.5 Å². The van der Waals surface area contributed by atoms with Gasteiger partial charge in [0.05, 0.1) is 0 Å². The third-order valence-electron chi connectivity index (χ3n) is 3.70. The summed E-state index contributed by atoms with van der Waals surface area (Å²) in [4.78, 5) is 20.6. The van der Waals surface area contributed by atoms with E-state index < -0.39 is 11.9 Å². The Labute approximate surface area is 160 Å². The van der Waals surface area contributed by atoms with Crippen LogP contribution in [-0.2, 0) is 22.7 Å². The van der Waals surface area contributed by atoms with E-state index >= 15 is 0 Å². The van der Waals surface area contributed by atoms with Crippen LogP contribution in [0.2, 0.25) is 0 Å². The van der Waals surface area contributed by atoms with Gasteiger partial charge >= 0.3 is 11.9 Å². The standard InChI is InChI=1S/C19H25NO.C2H2O4/c1-3-4-14-20(2)15-17-10-12-19(13-11-17)21-16-18-8-6-5-7-9-18;3-1(4)2(5)6/h5-13H,3-4,14-16H2,1-2H3;(H,3,4)(H,5,6). The molecule has 146 valence electrons. The Kier molecular flexibility index (Phi) is 10.3. The van der Waals surface area contributed by atoms with Crippen LogP contribution in [0, 0.1) is 0 Å². The van der Waals surface area contributed by atoms with Crippen molar-refractivity contribution in [1.29, 1.82) is 0 Å². The third-order valence-corrected chi connectivity index (χ3v) is 3.70. The highest BCUT2D eigenvalue weighted by Gasteiger charge is 2.04. The molecule has 6 nitrogen and oxygen atoms in total. The average Bonchev–Trinajstić information content (AvgIpc) is 2.67. The van der Waals surface area contributed by atoms with Crippen LogP contribution in [0.1, 0.15) is 30.9 Å². The zero-order chi connectivity index (χ0) is 20.1. The lowest BCUT2D eigenvalue weighted by Crippen LogP contribution is -2.18. The predicted molar refractivity (Wildman–Crippen MR) is 104 cm³/mol. The van der Waals surface area contributed by atoms with Crippen molar-refractivity contribution in [3.63, 3.8) is 0 Å². The summed E-state index contributed by atoms with van der Waals surface area (Å²) in [6.45, 7) is 5.00. The van der Waals surface area contributed by atoms with E-state index in [1.807, 2.05) is 18.2 Å². The fourth-order valence-corrected chi connectivity index (χ4v) is 2.25. The lowest BCUT2D eigenvalue weighted by Gasteiger charge is -2.16. The minimum Gasteiger partial charge on any atom is -0.489 e. The van der Waals surface area contributed by atoms with E-state index in [0.717, 1.165) is 18.8 Å². The summed E-state index contributed by atoms with van der Waals surface area (Å²) in [5.74, 6) is -2.72. The molecular weight excluding hydrogens is 346 g/mol. The first kappa shape index (κ1) is 22.2. The lowest BCUT2D eigenvalue weighted by atomic mass is 10.2. The first-order valence-electron chi connectivity index (χ1n) is 8.82. The van der Waals surface area contributed by atoms with Crippen LogP contribution in [0.5, 0.6) is 5.75 Å². The van der Waals surface area contributed by atoms with Crippen molar-refractivity contribution in [1.82, 2.24) is 4.90 Å². The van der Waals surface area contributed by atoms with E-state index in [1.165, 1.54) is 24.0 Å². The molecule has 0 amide bonds. The number of hydrogen-bond donors (Lipinski definition) is 2. The topological polar surface area (TPSA) is 87.1 Å². The average molecular weight is 373 g/mol. The first-order valence-corrected chi connectivity index (χ1v) is 8.82. The van der Waals surface area contributed by atoms with Crippen molar-refractivity contribution in [2.45, 2.75) is 32.9 Å². The van der Waals surface area contributed by atoms with E-state index in [9.17, 15) is 0 Å². The molecule has 6 heteroatoms. The minimum atomic E-state index is -1.82. The number of carbonyl (C=O) groups is 2. The van der Waals surface area contributed by atoms with Gasteiger partial charge in [0.2, 0.25) is 0 Å². The molecule has 0 heterocycles. The SMILES string of the molecule is CCCCN(C)Cc1ccc(OCc2ccccc2)cc1.O=C(O)C(=O)O. The molecule has 0 unspecified atom stereocenters. The largest absolute Gasteiger partial charge is 0.489 e. The predicted octanol–water partition coefficient (Wildman–Crippen LogP) is 3.65. The van der Waals surface area contributed by atoms with E-state index in [1.54, 1.807) is 0 Å². The Morgan fingerprint density at radius 1 is 0.926 bits per heavy atom. The second kappa shape index (κ2) is 12.5. The van der Waals surface area contributed by atoms with Crippen molar-refractivity contribution in [2.24, 2.45) is 0 Å². The summed E-state index contributed by atoms with van der Waals surface area (Å²) in [7, 11) is 2.18. The van der Waals surface area contributed by atoms with Crippen molar-refractivity contribution in [3.05, 3.63) is 65.7 Å². The normalized spacial score (nSPS) is 10.0.